The Morgan fingerprint density at radius 1 is 1.07 bits per heavy atom. The summed E-state index contributed by atoms with van der Waals surface area (Å²) in [6.45, 7) is 2.56. The molecule has 0 fully saturated rings. The van der Waals surface area contributed by atoms with Crippen LogP contribution in [0.25, 0.3) is 11.4 Å². The van der Waals surface area contributed by atoms with E-state index in [-0.39, 0.29) is 5.25 Å². The van der Waals surface area contributed by atoms with Crippen LogP contribution in [0.15, 0.2) is 82.6 Å². The van der Waals surface area contributed by atoms with Crippen LogP contribution in [0.3, 0.4) is 0 Å². The summed E-state index contributed by atoms with van der Waals surface area (Å²) < 4.78 is 7.57. The van der Waals surface area contributed by atoms with Crippen molar-refractivity contribution < 1.29 is 4.42 Å². The van der Waals surface area contributed by atoms with E-state index in [1.54, 1.807) is 6.26 Å². The summed E-state index contributed by atoms with van der Waals surface area (Å²) in [5.74, 6) is 1.58. The van der Waals surface area contributed by atoms with Crippen molar-refractivity contribution in [1.82, 2.24) is 14.8 Å². The maximum atomic E-state index is 9.71. The lowest BCUT2D eigenvalue weighted by Crippen LogP contribution is -2.08. The number of benzene rings is 2. The molecule has 2 aromatic heterocycles. The van der Waals surface area contributed by atoms with Crippen molar-refractivity contribution in [3.05, 3.63) is 89.9 Å². The molecular weight excluding hydrogens is 380 g/mol. The minimum absolute atomic E-state index is 0.262. The summed E-state index contributed by atoms with van der Waals surface area (Å²) in [6, 6.07) is 24.4. The average Bonchev–Trinajstić information content (AvgIpc) is 3.39. The Bertz CT molecular complexity index is 1110. The van der Waals surface area contributed by atoms with E-state index < -0.39 is 0 Å². The summed E-state index contributed by atoms with van der Waals surface area (Å²) in [6.07, 6.45) is 2.31. The monoisotopic (exact) mass is 400 g/mol. The Morgan fingerprint density at radius 3 is 2.66 bits per heavy atom. The molecule has 29 heavy (non-hydrogen) atoms. The van der Waals surface area contributed by atoms with Gasteiger partial charge in [-0.1, -0.05) is 65.9 Å². The first-order valence-corrected chi connectivity index (χ1v) is 10.2. The predicted octanol–water partition coefficient (Wildman–Crippen LogP) is 5.12. The fraction of sp³-hybridized carbons (Fsp3) is 0.174. The highest BCUT2D eigenvalue weighted by Gasteiger charge is 2.20. The number of thioether (sulfide) groups is 1. The van der Waals surface area contributed by atoms with E-state index in [0.717, 1.165) is 28.3 Å². The first-order chi connectivity index (χ1) is 14.2. The Balaban J connectivity index is 1.66. The Labute approximate surface area is 174 Å². The number of aryl methyl sites for hydroxylation is 1. The second kappa shape index (κ2) is 8.80. The minimum Gasteiger partial charge on any atom is -0.467 e. The van der Waals surface area contributed by atoms with Gasteiger partial charge in [0.05, 0.1) is 18.9 Å². The van der Waals surface area contributed by atoms with E-state index in [2.05, 4.69) is 35.3 Å². The lowest BCUT2D eigenvalue weighted by Gasteiger charge is -2.12. The molecule has 0 aliphatic rings. The molecule has 0 saturated heterocycles. The molecule has 1 atom stereocenters. The van der Waals surface area contributed by atoms with Crippen LogP contribution in [-0.4, -0.2) is 20.0 Å². The number of furan rings is 1. The zero-order chi connectivity index (χ0) is 20.1. The molecule has 144 valence electrons. The molecule has 4 rings (SSSR count). The second-order valence-electron chi connectivity index (χ2n) is 6.77. The van der Waals surface area contributed by atoms with Gasteiger partial charge in [0, 0.05) is 5.56 Å². The smallest absolute Gasteiger partial charge is 0.193 e. The first kappa shape index (κ1) is 19.0. The van der Waals surface area contributed by atoms with E-state index in [4.69, 9.17) is 4.42 Å². The normalized spacial score (nSPS) is 11.9. The molecule has 0 amide bonds. The van der Waals surface area contributed by atoms with Gasteiger partial charge in [0.2, 0.25) is 0 Å². The van der Waals surface area contributed by atoms with Crippen molar-refractivity contribution in [3.63, 3.8) is 0 Å². The molecular formula is C23H20N4OS. The van der Waals surface area contributed by atoms with Gasteiger partial charge in [-0.2, -0.15) is 5.26 Å². The zero-order valence-electron chi connectivity index (χ0n) is 16.0. The van der Waals surface area contributed by atoms with Gasteiger partial charge in [-0.25, -0.2) is 0 Å². The van der Waals surface area contributed by atoms with Gasteiger partial charge in [0.1, 0.15) is 11.0 Å². The summed E-state index contributed by atoms with van der Waals surface area (Å²) in [4.78, 5) is 0. The molecule has 2 aromatic carbocycles. The maximum Gasteiger partial charge on any atom is 0.193 e. The zero-order valence-corrected chi connectivity index (χ0v) is 16.8. The van der Waals surface area contributed by atoms with E-state index in [1.165, 1.54) is 11.8 Å². The van der Waals surface area contributed by atoms with Crippen LogP contribution in [0, 0.1) is 18.3 Å². The third kappa shape index (κ3) is 4.58. The molecule has 6 heteroatoms. The SMILES string of the molecule is Cc1cccc(-c2nnc(S[C@H](C#N)Cc3ccccc3)n2Cc2ccco2)c1. The number of rotatable bonds is 7. The van der Waals surface area contributed by atoms with Gasteiger partial charge in [-0.3, -0.25) is 4.57 Å². The van der Waals surface area contributed by atoms with Crippen LogP contribution in [0.1, 0.15) is 16.9 Å². The molecule has 0 unspecified atom stereocenters. The second-order valence-corrected chi connectivity index (χ2v) is 7.94. The molecule has 4 aromatic rings. The number of nitrogens with zero attached hydrogens (tertiary/aromatic N) is 4. The van der Waals surface area contributed by atoms with E-state index >= 15 is 0 Å². The van der Waals surface area contributed by atoms with Crippen molar-refractivity contribution in [3.8, 4) is 17.5 Å². The molecule has 0 bridgehead atoms. The Hall–Kier alpha value is -3.30. The highest BCUT2D eigenvalue weighted by atomic mass is 32.2. The van der Waals surface area contributed by atoms with E-state index in [9.17, 15) is 5.26 Å². The summed E-state index contributed by atoms with van der Waals surface area (Å²) in [5.41, 5.74) is 3.28. The number of aromatic nitrogens is 3. The van der Waals surface area contributed by atoms with E-state index in [1.807, 2.05) is 59.2 Å². The predicted molar refractivity (Wildman–Crippen MR) is 113 cm³/mol. The molecule has 0 N–H and O–H groups in total. The van der Waals surface area contributed by atoms with Crippen LogP contribution >= 0.6 is 11.8 Å². The minimum atomic E-state index is -0.262. The van der Waals surface area contributed by atoms with Crippen LogP contribution in [-0.2, 0) is 13.0 Å². The van der Waals surface area contributed by atoms with Crippen molar-refractivity contribution in [2.75, 3.05) is 0 Å². The highest BCUT2D eigenvalue weighted by Crippen LogP contribution is 2.29. The van der Waals surface area contributed by atoms with Gasteiger partial charge in [0.25, 0.3) is 0 Å². The fourth-order valence-corrected chi connectivity index (χ4v) is 4.09. The average molecular weight is 401 g/mol. The van der Waals surface area contributed by atoms with Crippen molar-refractivity contribution >= 4 is 11.8 Å². The standard InChI is InChI=1S/C23H20N4OS/c1-17-7-5-10-19(13-17)22-25-26-23(27(22)16-20-11-6-12-28-20)29-21(15-24)14-18-8-3-2-4-9-18/h2-13,21H,14,16H2,1H3/t21-/m0/s1. The number of nitriles is 1. The summed E-state index contributed by atoms with van der Waals surface area (Å²) in [7, 11) is 0. The van der Waals surface area contributed by atoms with Gasteiger partial charge in [-0.05, 0) is 37.1 Å². The summed E-state index contributed by atoms with van der Waals surface area (Å²) in [5, 5.41) is 19.0. The fourth-order valence-electron chi connectivity index (χ4n) is 3.14. The topological polar surface area (TPSA) is 67.6 Å². The van der Waals surface area contributed by atoms with Crippen molar-refractivity contribution in [2.24, 2.45) is 0 Å². The lowest BCUT2D eigenvalue weighted by molar-refractivity contribution is 0.485. The van der Waals surface area contributed by atoms with Gasteiger partial charge < -0.3 is 4.42 Å². The molecule has 0 radical (unpaired) electrons. The molecule has 2 heterocycles. The van der Waals surface area contributed by atoms with E-state index in [0.29, 0.717) is 18.1 Å². The maximum absolute atomic E-state index is 9.71. The van der Waals surface area contributed by atoms with Crippen LogP contribution in [0.5, 0.6) is 0 Å². The largest absolute Gasteiger partial charge is 0.467 e. The number of hydrogen-bond acceptors (Lipinski definition) is 5. The molecule has 0 saturated carbocycles. The van der Waals surface area contributed by atoms with Crippen LogP contribution in [0.4, 0.5) is 0 Å². The molecule has 5 nitrogen and oxygen atoms in total. The third-order valence-electron chi connectivity index (χ3n) is 4.54. The van der Waals surface area contributed by atoms with Gasteiger partial charge >= 0.3 is 0 Å². The highest BCUT2D eigenvalue weighted by molar-refractivity contribution is 8.00. The summed E-state index contributed by atoms with van der Waals surface area (Å²) >= 11 is 1.44. The molecule has 0 aliphatic carbocycles. The van der Waals surface area contributed by atoms with Crippen LogP contribution in [0.2, 0.25) is 0 Å². The van der Waals surface area contributed by atoms with Gasteiger partial charge in [0.15, 0.2) is 11.0 Å². The van der Waals surface area contributed by atoms with Gasteiger partial charge in [-0.15, -0.1) is 10.2 Å². The van der Waals surface area contributed by atoms with Crippen molar-refractivity contribution in [1.29, 1.82) is 5.26 Å². The molecule has 0 aliphatic heterocycles. The third-order valence-corrected chi connectivity index (χ3v) is 5.61. The first-order valence-electron chi connectivity index (χ1n) is 9.36. The lowest BCUT2D eigenvalue weighted by atomic mass is 10.1. The quantitative estimate of drug-likeness (QED) is 0.403. The van der Waals surface area contributed by atoms with Crippen molar-refractivity contribution in [2.45, 2.75) is 30.3 Å². The Kier molecular flexibility index (Phi) is 5.78. The Morgan fingerprint density at radius 2 is 1.93 bits per heavy atom. The number of hydrogen-bond donors (Lipinski definition) is 0. The molecule has 0 spiro atoms. The van der Waals surface area contributed by atoms with Crippen LogP contribution < -0.4 is 0 Å².